The zero-order chi connectivity index (χ0) is 22.6. The number of alkyl halides is 3. The Morgan fingerprint density at radius 1 is 1.26 bits per heavy atom. The van der Waals surface area contributed by atoms with Gasteiger partial charge < -0.3 is 19.3 Å². The number of nitriles is 1. The summed E-state index contributed by atoms with van der Waals surface area (Å²) in [4.78, 5) is 16.2. The molecule has 1 aromatic rings. The average molecular weight is 439 g/mol. The van der Waals surface area contributed by atoms with Crippen molar-refractivity contribution >= 4 is 11.6 Å². The second-order valence-electron chi connectivity index (χ2n) is 8.16. The van der Waals surface area contributed by atoms with Crippen molar-refractivity contribution in [2.75, 3.05) is 57.5 Å². The molecule has 2 atom stereocenters. The summed E-state index contributed by atoms with van der Waals surface area (Å²) in [5.74, 6) is 0.118. The van der Waals surface area contributed by atoms with Gasteiger partial charge >= 0.3 is 6.18 Å². The van der Waals surface area contributed by atoms with E-state index in [1.807, 2.05) is 18.7 Å². The molecule has 6 nitrogen and oxygen atoms in total. The lowest BCUT2D eigenvalue weighted by Gasteiger charge is -2.43. The molecule has 2 fully saturated rings. The van der Waals surface area contributed by atoms with Gasteiger partial charge in [-0.1, -0.05) is 0 Å². The fraction of sp³-hybridized carbons (Fsp3) is 0.636. The Morgan fingerprint density at radius 2 is 2.00 bits per heavy atom. The van der Waals surface area contributed by atoms with Crippen LogP contribution >= 0.6 is 0 Å². The van der Waals surface area contributed by atoms with E-state index in [1.165, 1.54) is 6.07 Å². The van der Waals surface area contributed by atoms with Crippen LogP contribution in [-0.4, -0.2) is 63.4 Å². The number of anilines is 1. The zero-order valence-electron chi connectivity index (χ0n) is 17.9. The van der Waals surface area contributed by atoms with E-state index in [-0.39, 0.29) is 29.4 Å². The summed E-state index contributed by atoms with van der Waals surface area (Å²) >= 11 is 0. The fourth-order valence-corrected chi connectivity index (χ4v) is 4.65. The molecule has 0 bridgehead atoms. The standard InChI is InChI=1S/C22H28F3N3O3/c1-3-30-12-20(29)27-8-7-17-11-28(14-21(17,13-27)15-31-4-2)18-6-5-16(10-26)19(9-18)22(23,24)25/h5-6,9,17H,3-4,7-8,11-15H2,1-2H3/t17-,21+/m0/s1. The SMILES string of the molecule is CCOCC(=O)N1CC[C@H]2CN(c3ccc(C#N)c(C(F)(F)F)c3)C[C@@]2(COCC)C1. The summed E-state index contributed by atoms with van der Waals surface area (Å²) in [6.45, 7) is 7.33. The highest BCUT2D eigenvalue weighted by atomic mass is 19.4. The van der Waals surface area contributed by atoms with Crippen molar-refractivity contribution < 1.29 is 27.4 Å². The number of rotatable bonds is 7. The van der Waals surface area contributed by atoms with Gasteiger partial charge in [-0.15, -0.1) is 0 Å². The summed E-state index contributed by atoms with van der Waals surface area (Å²) in [6.07, 6.45) is -3.84. The summed E-state index contributed by atoms with van der Waals surface area (Å²) < 4.78 is 51.3. The van der Waals surface area contributed by atoms with E-state index in [0.29, 0.717) is 51.7 Å². The number of carbonyl (C=O) groups is 1. The Bertz CT molecular complexity index is 840. The number of nitrogens with zero attached hydrogens (tertiary/aromatic N) is 3. The molecule has 2 saturated heterocycles. The van der Waals surface area contributed by atoms with Crippen molar-refractivity contribution in [2.24, 2.45) is 11.3 Å². The minimum atomic E-state index is -4.60. The van der Waals surface area contributed by atoms with Crippen molar-refractivity contribution in [1.82, 2.24) is 4.90 Å². The van der Waals surface area contributed by atoms with Crippen LogP contribution < -0.4 is 4.90 Å². The number of ether oxygens (including phenoxy) is 2. The number of amides is 1. The number of halogens is 3. The molecule has 3 rings (SSSR count). The fourth-order valence-electron chi connectivity index (χ4n) is 4.65. The second-order valence-corrected chi connectivity index (χ2v) is 8.16. The predicted octanol–water partition coefficient (Wildman–Crippen LogP) is 3.30. The molecular weight excluding hydrogens is 411 g/mol. The van der Waals surface area contributed by atoms with Gasteiger partial charge in [-0.05, 0) is 44.4 Å². The maximum Gasteiger partial charge on any atom is 0.417 e. The number of hydrogen-bond donors (Lipinski definition) is 0. The summed E-state index contributed by atoms with van der Waals surface area (Å²) in [6, 6.07) is 5.48. The molecule has 2 heterocycles. The van der Waals surface area contributed by atoms with Gasteiger partial charge in [-0.3, -0.25) is 4.79 Å². The number of carbonyl (C=O) groups excluding carboxylic acids is 1. The van der Waals surface area contributed by atoms with Crippen LogP contribution in [0.4, 0.5) is 18.9 Å². The van der Waals surface area contributed by atoms with Crippen molar-refractivity contribution in [1.29, 1.82) is 5.26 Å². The van der Waals surface area contributed by atoms with Crippen LogP contribution in [0.5, 0.6) is 0 Å². The minimum absolute atomic E-state index is 0.0279. The first kappa shape index (κ1) is 23.4. The zero-order valence-corrected chi connectivity index (χ0v) is 17.9. The molecule has 0 aliphatic carbocycles. The van der Waals surface area contributed by atoms with Gasteiger partial charge in [0.15, 0.2) is 0 Å². The summed E-state index contributed by atoms with van der Waals surface area (Å²) in [5, 5.41) is 9.06. The highest BCUT2D eigenvalue weighted by molar-refractivity contribution is 5.77. The van der Waals surface area contributed by atoms with Crippen molar-refractivity contribution in [3.63, 3.8) is 0 Å². The normalized spacial score (nSPS) is 23.5. The van der Waals surface area contributed by atoms with Crippen LogP contribution in [0.2, 0.25) is 0 Å². The van der Waals surface area contributed by atoms with E-state index in [0.717, 1.165) is 12.5 Å². The van der Waals surface area contributed by atoms with Gasteiger partial charge in [0.25, 0.3) is 0 Å². The van der Waals surface area contributed by atoms with Gasteiger partial charge in [-0.2, -0.15) is 18.4 Å². The van der Waals surface area contributed by atoms with Crippen LogP contribution in [0.25, 0.3) is 0 Å². The van der Waals surface area contributed by atoms with E-state index in [2.05, 4.69) is 0 Å². The molecule has 0 spiro atoms. The Kier molecular flexibility index (Phi) is 7.12. The van der Waals surface area contributed by atoms with E-state index < -0.39 is 11.7 Å². The second kappa shape index (κ2) is 9.45. The number of likely N-dealkylation sites (tertiary alicyclic amines) is 1. The first-order valence-corrected chi connectivity index (χ1v) is 10.5. The van der Waals surface area contributed by atoms with Gasteiger partial charge in [0, 0.05) is 50.5 Å². The van der Waals surface area contributed by atoms with Gasteiger partial charge in [0.1, 0.15) is 6.61 Å². The smallest absolute Gasteiger partial charge is 0.381 e. The molecule has 2 aliphatic rings. The largest absolute Gasteiger partial charge is 0.417 e. The van der Waals surface area contributed by atoms with Crippen molar-refractivity contribution in [2.45, 2.75) is 26.4 Å². The molecule has 31 heavy (non-hydrogen) atoms. The summed E-state index contributed by atoms with van der Waals surface area (Å²) in [5.41, 5.74) is -1.23. The Balaban J connectivity index is 1.86. The maximum absolute atomic E-state index is 13.4. The van der Waals surface area contributed by atoms with Gasteiger partial charge in [-0.25, -0.2) is 0 Å². The molecule has 0 radical (unpaired) electrons. The lowest BCUT2D eigenvalue weighted by atomic mass is 9.74. The third-order valence-electron chi connectivity index (χ3n) is 6.24. The monoisotopic (exact) mass is 439 g/mol. The Hall–Kier alpha value is -2.31. The van der Waals surface area contributed by atoms with E-state index >= 15 is 0 Å². The van der Waals surface area contributed by atoms with Crippen molar-refractivity contribution in [3.8, 4) is 6.07 Å². The van der Waals surface area contributed by atoms with Crippen molar-refractivity contribution in [3.05, 3.63) is 29.3 Å². The van der Waals surface area contributed by atoms with E-state index in [9.17, 15) is 18.0 Å². The van der Waals surface area contributed by atoms with E-state index in [4.69, 9.17) is 14.7 Å². The highest BCUT2D eigenvalue weighted by Gasteiger charge is 2.51. The lowest BCUT2D eigenvalue weighted by Crippen LogP contribution is -2.53. The van der Waals surface area contributed by atoms with Gasteiger partial charge in [0.05, 0.1) is 23.8 Å². The van der Waals surface area contributed by atoms with Gasteiger partial charge in [0.2, 0.25) is 5.91 Å². The van der Waals surface area contributed by atoms with Crippen LogP contribution in [0, 0.1) is 22.7 Å². The quantitative estimate of drug-likeness (QED) is 0.652. The van der Waals surface area contributed by atoms with Crippen LogP contribution in [-0.2, 0) is 20.4 Å². The molecule has 0 saturated carbocycles. The third-order valence-corrected chi connectivity index (χ3v) is 6.24. The maximum atomic E-state index is 13.4. The Labute approximate surface area is 180 Å². The molecule has 0 unspecified atom stereocenters. The Morgan fingerprint density at radius 3 is 2.65 bits per heavy atom. The predicted molar refractivity (Wildman–Crippen MR) is 108 cm³/mol. The average Bonchev–Trinajstić information content (AvgIpc) is 3.14. The third kappa shape index (κ3) is 4.96. The minimum Gasteiger partial charge on any atom is -0.381 e. The molecule has 170 valence electrons. The van der Waals surface area contributed by atoms with Crippen LogP contribution in [0.1, 0.15) is 31.4 Å². The molecule has 9 heteroatoms. The number of piperidine rings is 1. The van der Waals surface area contributed by atoms with Crippen LogP contribution in [0.3, 0.4) is 0 Å². The number of hydrogen-bond acceptors (Lipinski definition) is 5. The van der Waals surface area contributed by atoms with Crippen LogP contribution in [0.15, 0.2) is 18.2 Å². The molecule has 1 amide bonds. The lowest BCUT2D eigenvalue weighted by molar-refractivity contribution is -0.142. The highest BCUT2D eigenvalue weighted by Crippen LogP contribution is 2.45. The topological polar surface area (TPSA) is 65.8 Å². The molecule has 2 aliphatic heterocycles. The molecule has 0 aromatic heterocycles. The number of fused-ring (bicyclic) bond motifs is 1. The first-order valence-electron chi connectivity index (χ1n) is 10.5. The first-order chi connectivity index (χ1) is 14.7. The number of benzene rings is 1. The van der Waals surface area contributed by atoms with E-state index in [1.54, 1.807) is 17.0 Å². The summed E-state index contributed by atoms with van der Waals surface area (Å²) in [7, 11) is 0. The molecule has 0 N–H and O–H groups in total. The molecule has 1 aromatic carbocycles. The molecular formula is C22H28F3N3O3.